The van der Waals surface area contributed by atoms with Crippen LogP contribution >= 0.6 is 23.2 Å². The van der Waals surface area contributed by atoms with Crippen molar-refractivity contribution in [2.24, 2.45) is 5.92 Å². The molecule has 3 nitrogen and oxygen atoms in total. The van der Waals surface area contributed by atoms with Crippen LogP contribution in [0.15, 0.2) is 24.3 Å². The Labute approximate surface area is 140 Å². The van der Waals surface area contributed by atoms with Crippen molar-refractivity contribution < 1.29 is 27.9 Å². The van der Waals surface area contributed by atoms with Crippen molar-refractivity contribution in [2.45, 2.75) is 35.7 Å². The Morgan fingerprint density at radius 2 is 1.83 bits per heavy atom. The average molecular weight is 368 g/mol. The highest BCUT2D eigenvalue weighted by Crippen LogP contribution is 2.51. The molecule has 2 unspecified atom stereocenters. The van der Waals surface area contributed by atoms with Gasteiger partial charge in [-0.3, -0.25) is 4.79 Å². The number of halogens is 5. The van der Waals surface area contributed by atoms with Crippen molar-refractivity contribution in [3.63, 3.8) is 0 Å². The molecule has 3 atom stereocenters. The Morgan fingerprint density at radius 1 is 1.30 bits per heavy atom. The maximum atomic E-state index is 12.8. The molecule has 0 saturated heterocycles. The molecule has 0 spiro atoms. The number of carboxylic acid groups (broad SMARTS) is 1. The van der Waals surface area contributed by atoms with E-state index in [4.69, 9.17) is 23.2 Å². The van der Waals surface area contributed by atoms with E-state index in [1.807, 2.05) is 0 Å². The Balaban J connectivity index is 2.27. The summed E-state index contributed by atoms with van der Waals surface area (Å²) < 4.78 is 36.8. The third-order valence-corrected chi connectivity index (χ3v) is 5.12. The smallest absolute Gasteiger partial charge is 0.392 e. The summed E-state index contributed by atoms with van der Waals surface area (Å²) in [6.45, 7) is 0.793. The molecule has 1 aromatic rings. The van der Waals surface area contributed by atoms with Crippen molar-refractivity contribution in [3.8, 4) is 0 Å². The van der Waals surface area contributed by atoms with Crippen molar-refractivity contribution in [1.82, 2.24) is 0 Å². The number of Topliss-reactive ketones (excluding diaryl/α,β-unsaturated/α-hetero) is 1. The number of carboxylic acids is 1. The fourth-order valence-corrected chi connectivity index (χ4v) is 3.15. The van der Waals surface area contributed by atoms with Gasteiger partial charge in [0.15, 0.2) is 10.1 Å². The fraction of sp³-hybridized carbons (Fsp3) is 0.467. The second-order valence-electron chi connectivity index (χ2n) is 5.60. The van der Waals surface area contributed by atoms with Crippen molar-refractivity contribution in [1.29, 1.82) is 0 Å². The Bertz CT molecular complexity index is 626. The number of rotatable bonds is 4. The molecular formula is C15H12Cl2F3O3-. The van der Waals surface area contributed by atoms with Crippen LogP contribution in [0.2, 0.25) is 0 Å². The van der Waals surface area contributed by atoms with Crippen LogP contribution in [0, 0.1) is 5.92 Å². The van der Waals surface area contributed by atoms with E-state index in [0.29, 0.717) is 5.56 Å². The van der Waals surface area contributed by atoms with Gasteiger partial charge in [0.1, 0.15) is 0 Å². The van der Waals surface area contributed by atoms with Crippen molar-refractivity contribution in [2.75, 3.05) is 0 Å². The number of hydrogen-bond donors (Lipinski definition) is 0. The number of hydrogen-bond acceptors (Lipinski definition) is 3. The topological polar surface area (TPSA) is 57.2 Å². The van der Waals surface area contributed by atoms with Gasteiger partial charge in [-0.2, -0.15) is 13.2 Å². The van der Waals surface area contributed by atoms with E-state index in [2.05, 4.69) is 0 Å². The molecule has 8 heteroatoms. The standard InChI is InChI=1S/C15H13Cl2F3O3/c1-7(15(18,19)20)12(13(22)23)9-4-2-8(3-5-9)10-6-11(21)14(10,16)17/h2-5,7,10,12H,6H2,1H3,(H,22,23)/p-1/t7-,10?,12?/m1/s1. The van der Waals surface area contributed by atoms with E-state index in [0.717, 1.165) is 6.92 Å². The normalized spacial score (nSPS) is 23.0. The van der Waals surface area contributed by atoms with E-state index in [-0.39, 0.29) is 17.8 Å². The summed E-state index contributed by atoms with van der Waals surface area (Å²) in [5, 5.41) is 11.1. The summed E-state index contributed by atoms with van der Waals surface area (Å²) in [4.78, 5) is 22.4. The SMILES string of the molecule is C[C@H](C(C(=O)[O-])c1ccc(C2CC(=O)C2(Cl)Cl)cc1)C(F)(F)F. The van der Waals surface area contributed by atoms with E-state index in [9.17, 15) is 27.9 Å². The van der Waals surface area contributed by atoms with Crippen LogP contribution in [0.5, 0.6) is 0 Å². The third-order valence-electron chi connectivity index (χ3n) is 4.17. The third kappa shape index (κ3) is 3.33. The Kier molecular flexibility index (Phi) is 4.70. The van der Waals surface area contributed by atoms with Crippen LogP contribution in [-0.2, 0) is 9.59 Å². The zero-order chi connectivity index (χ0) is 17.6. The highest BCUT2D eigenvalue weighted by molar-refractivity contribution is 6.61. The predicted molar refractivity (Wildman–Crippen MR) is 76.2 cm³/mol. The van der Waals surface area contributed by atoms with Gasteiger partial charge in [0.05, 0.1) is 5.92 Å². The lowest BCUT2D eigenvalue weighted by molar-refractivity contribution is -0.313. The zero-order valence-electron chi connectivity index (χ0n) is 11.9. The summed E-state index contributed by atoms with van der Waals surface area (Å²) in [6, 6.07) is 5.41. The van der Waals surface area contributed by atoms with Gasteiger partial charge in [-0.15, -0.1) is 0 Å². The molecule has 0 amide bonds. The summed E-state index contributed by atoms with van der Waals surface area (Å²) in [5.74, 6) is -6.50. The molecule has 1 aromatic carbocycles. The molecule has 1 aliphatic rings. The van der Waals surface area contributed by atoms with Crippen LogP contribution in [0.3, 0.4) is 0 Å². The van der Waals surface area contributed by atoms with Crippen LogP contribution < -0.4 is 5.11 Å². The lowest BCUT2D eigenvalue weighted by Crippen LogP contribution is -2.45. The number of aliphatic carboxylic acids is 1. The molecule has 23 heavy (non-hydrogen) atoms. The highest BCUT2D eigenvalue weighted by atomic mass is 35.5. The molecule has 0 radical (unpaired) electrons. The van der Waals surface area contributed by atoms with E-state index < -0.39 is 34.2 Å². The predicted octanol–water partition coefficient (Wildman–Crippen LogP) is 2.95. The van der Waals surface area contributed by atoms with Gasteiger partial charge in [0, 0.05) is 24.2 Å². The van der Waals surface area contributed by atoms with Gasteiger partial charge in [-0.25, -0.2) is 0 Å². The molecule has 0 bridgehead atoms. The monoisotopic (exact) mass is 367 g/mol. The first-order valence-electron chi connectivity index (χ1n) is 6.74. The second-order valence-corrected chi connectivity index (χ2v) is 6.98. The number of alkyl halides is 5. The van der Waals surface area contributed by atoms with E-state index >= 15 is 0 Å². The number of carbonyl (C=O) groups is 2. The average Bonchev–Trinajstić information content (AvgIpc) is 2.44. The van der Waals surface area contributed by atoms with Gasteiger partial charge in [-0.1, -0.05) is 54.4 Å². The van der Waals surface area contributed by atoms with E-state index in [1.165, 1.54) is 24.3 Å². The minimum absolute atomic E-state index is 0.0287. The van der Waals surface area contributed by atoms with Crippen LogP contribution in [0.4, 0.5) is 13.2 Å². The number of carbonyl (C=O) groups excluding carboxylic acids is 2. The highest BCUT2D eigenvalue weighted by Gasteiger charge is 2.53. The van der Waals surface area contributed by atoms with Gasteiger partial charge < -0.3 is 9.90 Å². The fourth-order valence-electron chi connectivity index (χ4n) is 2.59. The molecule has 0 aliphatic heterocycles. The molecule has 0 heterocycles. The first kappa shape index (κ1) is 18.1. The second kappa shape index (κ2) is 5.98. The van der Waals surface area contributed by atoms with Gasteiger partial charge in [0.2, 0.25) is 0 Å². The maximum absolute atomic E-state index is 12.8. The largest absolute Gasteiger partial charge is 0.549 e. The van der Waals surface area contributed by atoms with E-state index in [1.54, 1.807) is 0 Å². The molecule has 126 valence electrons. The molecule has 2 rings (SSSR count). The lowest BCUT2D eigenvalue weighted by atomic mass is 9.77. The Hall–Kier alpha value is -1.27. The van der Waals surface area contributed by atoms with Crippen LogP contribution in [-0.4, -0.2) is 22.3 Å². The molecular weight excluding hydrogens is 356 g/mol. The molecule has 1 fully saturated rings. The minimum Gasteiger partial charge on any atom is -0.549 e. The quantitative estimate of drug-likeness (QED) is 0.768. The van der Waals surface area contributed by atoms with Crippen molar-refractivity contribution in [3.05, 3.63) is 35.4 Å². The summed E-state index contributed by atoms with van der Waals surface area (Å²) in [7, 11) is 0. The van der Waals surface area contributed by atoms with Gasteiger partial charge in [0.25, 0.3) is 0 Å². The first-order chi connectivity index (χ1) is 10.5. The van der Waals surface area contributed by atoms with Crippen molar-refractivity contribution >= 4 is 35.0 Å². The summed E-state index contributed by atoms with van der Waals surface area (Å²) in [6.07, 6.45) is -4.53. The number of ketones is 1. The number of benzene rings is 1. The molecule has 0 N–H and O–H groups in total. The van der Waals surface area contributed by atoms with Gasteiger partial charge in [-0.05, 0) is 11.1 Å². The summed E-state index contributed by atoms with van der Waals surface area (Å²) in [5.41, 5.74) is 0.536. The van der Waals surface area contributed by atoms with Crippen LogP contribution in [0.1, 0.15) is 36.3 Å². The lowest BCUT2D eigenvalue weighted by Gasteiger charge is -2.38. The first-order valence-corrected chi connectivity index (χ1v) is 7.50. The Morgan fingerprint density at radius 3 is 2.17 bits per heavy atom. The minimum atomic E-state index is -4.66. The maximum Gasteiger partial charge on any atom is 0.392 e. The summed E-state index contributed by atoms with van der Waals surface area (Å²) >= 11 is 11.8. The molecule has 0 aromatic heterocycles. The van der Waals surface area contributed by atoms with Crippen LogP contribution in [0.25, 0.3) is 0 Å². The zero-order valence-corrected chi connectivity index (χ0v) is 13.4. The molecule has 1 saturated carbocycles. The molecule has 1 aliphatic carbocycles. The van der Waals surface area contributed by atoms with Gasteiger partial charge >= 0.3 is 6.18 Å².